The Morgan fingerprint density at radius 3 is 2.83 bits per heavy atom. The molecule has 7 nitrogen and oxygen atoms in total. The molecular formula is C17H22N4O3. The largest absolute Gasteiger partial charge is 0.465 e. The number of nitrogens with one attached hydrogen (secondary N) is 1. The molecule has 2 aliphatic rings. The van der Waals surface area contributed by atoms with E-state index in [0.717, 1.165) is 31.5 Å². The van der Waals surface area contributed by atoms with Gasteiger partial charge in [0.05, 0.1) is 6.61 Å². The Balaban J connectivity index is 1.94. The van der Waals surface area contributed by atoms with Crippen LogP contribution in [0.2, 0.25) is 0 Å². The van der Waals surface area contributed by atoms with Gasteiger partial charge >= 0.3 is 5.97 Å². The third-order valence-electron chi connectivity index (χ3n) is 4.32. The maximum Gasteiger partial charge on any atom is 0.321 e. The third-order valence-corrected chi connectivity index (χ3v) is 4.32. The smallest absolute Gasteiger partial charge is 0.321 e. The summed E-state index contributed by atoms with van der Waals surface area (Å²) < 4.78 is 5.08. The van der Waals surface area contributed by atoms with Gasteiger partial charge in [-0.15, -0.1) is 0 Å². The van der Waals surface area contributed by atoms with Crippen LogP contribution in [0.1, 0.15) is 37.8 Å². The molecular weight excluding hydrogens is 308 g/mol. The van der Waals surface area contributed by atoms with Gasteiger partial charge < -0.3 is 9.64 Å². The van der Waals surface area contributed by atoms with E-state index in [4.69, 9.17) is 4.74 Å². The lowest BCUT2D eigenvalue weighted by molar-refractivity contribution is -0.153. The molecule has 128 valence electrons. The van der Waals surface area contributed by atoms with Crippen molar-refractivity contribution in [3.8, 4) is 0 Å². The molecule has 0 spiro atoms. The number of nitrogens with zero attached hydrogens (tertiary/aromatic N) is 3. The standard InChI is InChI=1S/C17H22N4O3/c1-2-24-16(23)13-14(12-7-6-8-18-11-12)19-17(20-15(13)22)21-9-4-3-5-10-21/h6-8,11,13-14H,2-5,9-10H2,1H3,(H,19,20,22)/t13-,14-/m0/s1. The van der Waals surface area contributed by atoms with E-state index < -0.39 is 17.9 Å². The first-order valence-corrected chi connectivity index (χ1v) is 8.41. The molecule has 7 heteroatoms. The van der Waals surface area contributed by atoms with E-state index in [0.29, 0.717) is 5.96 Å². The van der Waals surface area contributed by atoms with Gasteiger partial charge in [0.25, 0.3) is 0 Å². The molecule has 0 unspecified atom stereocenters. The monoisotopic (exact) mass is 330 g/mol. The Hall–Kier alpha value is -2.44. The lowest BCUT2D eigenvalue weighted by atomic mass is 9.92. The topological polar surface area (TPSA) is 83.9 Å². The Labute approximate surface area is 141 Å². The van der Waals surface area contributed by atoms with E-state index in [-0.39, 0.29) is 12.5 Å². The minimum atomic E-state index is -0.984. The summed E-state index contributed by atoms with van der Waals surface area (Å²) in [5.41, 5.74) is 0.736. The molecule has 1 aromatic heterocycles. The number of piperidine rings is 1. The maximum absolute atomic E-state index is 12.6. The fourth-order valence-electron chi connectivity index (χ4n) is 3.12. The molecule has 1 N–H and O–H groups in total. The first-order valence-electron chi connectivity index (χ1n) is 8.41. The van der Waals surface area contributed by atoms with Crippen LogP contribution in [0.3, 0.4) is 0 Å². The summed E-state index contributed by atoms with van der Waals surface area (Å²) in [4.78, 5) is 35.7. The van der Waals surface area contributed by atoms with Crippen LogP contribution < -0.4 is 5.32 Å². The van der Waals surface area contributed by atoms with Crippen molar-refractivity contribution in [1.82, 2.24) is 15.2 Å². The second-order valence-electron chi connectivity index (χ2n) is 5.95. The van der Waals surface area contributed by atoms with Crippen LogP contribution in [0.5, 0.6) is 0 Å². The lowest BCUT2D eigenvalue weighted by Crippen LogP contribution is -2.53. The van der Waals surface area contributed by atoms with Gasteiger partial charge in [-0.25, -0.2) is 4.99 Å². The highest BCUT2D eigenvalue weighted by molar-refractivity contribution is 6.08. The van der Waals surface area contributed by atoms with Crippen LogP contribution in [0.4, 0.5) is 0 Å². The van der Waals surface area contributed by atoms with Crippen molar-refractivity contribution in [3.63, 3.8) is 0 Å². The molecule has 0 radical (unpaired) electrons. The Morgan fingerprint density at radius 1 is 1.38 bits per heavy atom. The zero-order valence-corrected chi connectivity index (χ0v) is 13.8. The first kappa shape index (κ1) is 16.4. The zero-order valence-electron chi connectivity index (χ0n) is 13.8. The maximum atomic E-state index is 12.6. The molecule has 0 saturated carbocycles. The third kappa shape index (κ3) is 3.39. The minimum absolute atomic E-state index is 0.227. The van der Waals surface area contributed by atoms with E-state index in [9.17, 15) is 9.59 Å². The summed E-state index contributed by atoms with van der Waals surface area (Å²) in [6, 6.07) is 3.00. The normalized spacial score (nSPS) is 24.1. The fourth-order valence-corrected chi connectivity index (χ4v) is 3.12. The van der Waals surface area contributed by atoms with Crippen molar-refractivity contribution >= 4 is 17.8 Å². The molecule has 0 bridgehead atoms. The number of carbonyl (C=O) groups excluding carboxylic acids is 2. The van der Waals surface area contributed by atoms with Crippen LogP contribution in [0.15, 0.2) is 29.5 Å². The molecule has 1 fully saturated rings. The summed E-state index contributed by atoms with van der Waals surface area (Å²) in [5, 5.41) is 2.79. The van der Waals surface area contributed by atoms with Gasteiger partial charge in [-0.3, -0.25) is 19.9 Å². The van der Waals surface area contributed by atoms with Crippen molar-refractivity contribution in [2.75, 3.05) is 19.7 Å². The van der Waals surface area contributed by atoms with E-state index in [1.54, 1.807) is 25.4 Å². The van der Waals surface area contributed by atoms with E-state index in [2.05, 4.69) is 20.2 Å². The zero-order chi connectivity index (χ0) is 16.9. The number of amides is 1. The van der Waals surface area contributed by atoms with E-state index >= 15 is 0 Å². The number of pyridine rings is 1. The summed E-state index contributed by atoms with van der Waals surface area (Å²) >= 11 is 0. The van der Waals surface area contributed by atoms with Crippen LogP contribution in [0, 0.1) is 5.92 Å². The number of aromatic nitrogens is 1. The predicted molar refractivity (Wildman–Crippen MR) is 88.1 cm³/mol. The van der Waals surface area contributed by atoms with Crippen LogP contribution in [-0.4, -0.2) is 47.4 Å². The summed E-state index contributed by atoms with van der Waals surface area (Å²) in [6.45, 7) is 3.68. The number of esters is 1. The van der Waals surface area contributed by atoms with Crippen molar-refractivity contribution in [2.45, 2.75) is 32.2 Å². The van der Waals surface area contributed by atoms with Gasteiger partial charge in [0, 0.05) is 25.5 Å². The average molecular weight is 330 g/mol. The molecule has 1 amide bonds. The van der Waals surface area contributed by atoms with Gasteiger partial charge in [0.2, 0.25) is 11.9 Å². The number of ether oxygens (including phenoxy) is 1. The SMILES string of the molecule is CCOC(=O)[C@@H]1C(=O)NC(N2CCCCC2)=N[C@H]1c1cccnc1. The van der Waals surface area contributed by atoms with E-state index in [1.165, 1.54) is 6.42 Å². The van der Waals surface area contributed by atoms with Crippen LogP contribution >= 0.6 is 0 Å². The van der Waals surface area contributed by atoms with E-state index in [1.807, 2.05) is 6.07 Å². The second kappa shape index (κ2) is 7.42. The number of carbonyl (C=O) groups is 2. The predicted octanol–water partition coefficient (Wildman–Crippen LogP) is 1.27. The molecule has 2 atom stereocenters. The number of likely N-dealkylation sites (tertiary alicyclic amines) is 1. The highest BCUT2D eigenvalue weighted by Gasteiger charge is 2.42. The number of hydrogen-bond acceptors (Lipinski definition) is 6. The Bertz CT molecular complexity index is 626. The number of guanidine groups is 1. The summed E-state index contributed by atoms with van der Waals surface area (Å²) in [6.07, 6.45) is 6.64. The number of hydrogen-bond donors (Lipinski definition) is 1. The molecule has 0 aliphatic carbocycles. The molecule has 3 heterocycles. The van der Waals surface area contributed by atoms with Crippen LogP contribution in [-0.2, 0) is 14.3 Å². The summed E-state index contributed by atoms with van der Waals surface area (Å²) in [7, 11) is 0. The number of rotatable bonds is 3. The Kier molecular flexibility index (Phi) is 5.08. The lowest BCUT2D eigenvalue weighted by Gasteiger charge is -2.35. The molecule has 0 aromatic carbocycles. The van der Waals surface area contributed by atoms with Crippen molar-refractivity contribution < 1.29 is 14.3 Å². The molecule has 1 saturated heterocycles. The van der Waals surface area contributed by atoms with Gasteiger partial charge in [-0.05, 0) is 37.8 Å². The quantitative estimate of drug-likeness (QED) is 0.666. The molecule has 2 aliphatic heterocycles. The second-order valence-corrected chi connectivity index (χ2v) is 5.95. The minimum Gasteiger partial charge on any atom is -0.465 e. The van der Waals surface area contributed by atoms with Crippen molar-refractivity contribution in [3.05, 3.63) is 30.1 Å². The highest BCUT2D eigenvalue weighted by atomic mass is 16.5. The van der Waals surface area contributed by atoms with Gasteiger partial charge in [0.15, 0.2) is 5.92 Å². The highest BCUT2D eigenvalue weighted by Crippen LogP contribution is 2.30. The van der Waals surface area contributed by atoms with Gasteiger partial charge in [-0.2, -0.15) is 0 Å². The Morgan fingerprint density at radius 2 is 2.17 bits per heavy atom. The summed E-state index contributed by atoms with van der Waals surface area (Å²) in [5.74, 6) is -1.35. The molecule has 24 heavy (non-hydrogen) atoms. The molecule has 3 rings (SSSR count). The molecule has 1 aromatic rings. The van der Waals surface area contributed by atoms with Crippen molar-refractivity contribution in [1.29, 1.82) is 0 Å². The first-order chi connectivity index (χ1) is 11.7. The fraction of sp³-hybridized carbons (Fsp3) is 0.529. The number of aliphatic imine (C=N–C) groups is 1. The average Bonchev–Trinajstić information content (AvgIpc) is 2.62. The van der Waals surface area contributed by atoms with Crippen LogP contribution in [0.25, 0.3) is 0 Å². The van der Waals surface area contributed by atoms with Crippen molar-refractivity contribution in [2.24, 2.45) is 10.9 Å². The van der Waals surface area contributed by atoms with Gasteiger partial charge in [-0.1, -0.05) is 6.07 Å². The van der Waals surface area contributed by atoms with Gasteiger partial charge in [0.1, 0.15) is 6.04 Å².